The Labute approximate surface area is 120 Å². The first-order valence-electron chi connectivity index (χ1n) is 7.32. The van der Waals surface area contributed by atoms with Crippen LogP contribution in [0, 0.1) is 5.92 Å². The molecule has 1 unspecified atom stereocenters. The standard InChI is InChI=1S/C16H24N2O2/c1-18-8-2-3-15(12-18)11-17-10-14-6-4-13(5-7-14)9-16(19)20/h4-7,15,17H,2-3,8-12H2,1H3,(H,19,20). The molecule has 0 bridgehead atoms. The first-order chi connectivity index (χ1) is 9.63. The van der Waals surface area contributed by atoms with Crippen LogP contribution in [0.5, 0.6) is 0 Å². The third kappa shape index (κ3) is 4.94. The van der Waals surface area contributed by atoms with E-state index in [1.165, 1.54) is 31.5 Å². The van der Waals surface area contributed by atoms with Crippen LogP contribution in [0.25, 0.3) is 0 Å². The molecule has 4 heteroatoms. The molecule has 1 saturated heterocycles. The zero-order chi connectivity index (χ0) is 14.4. The predicted molar refractivity (Wildman–Crippen MR) is 79.7 cm³/mol. The fraction of sp³-hybridized carbons (Fsp3) is 0.562. The van der Waals surface area contributed by atoms with Gasteiger partial charge in [0.05, 0.1) is 6.42 Å². The van der Waals surface area contributed by atoms with Crippen LogP contribution in [0.3, 0.4) is 0 Å². The SMILES string of the molecule is CN1CCCC(CNCc2ccc(CC(=O)O)cc2)C1. The van der Waals surface area contributed by atoms with Crippen LogP contribution in [-0.2, 0) is 17.8 Å². The minimum absolute atomic E-state index is 0.0993. The van der Waals surface area contributed by atoms with Gasteiger partial charge in [0.25, 0.3) is 0 Å². The quantitative estimate of drug-likeness (QED) is 0.831. The van der Waals surface area contributed by atoms with Crippen LogP contribution in [0.15, 0.2) is 24.3 Å². The van der Waals surface area contributed by atoms with Crippen molar-refractivity contribution < 1.29 is 9.90 Å². The molecule has 1 atom stereocenters. The Morgan fingerprint density at radius 1 is 1.35 bits per heavy atom. The number of nitrogens with zero attached hydrogens (tertiary/aromatic N) is 1. The Balaban J connectivity index is 1.72. The molecule has 1 aliphatic rings. The normalized spacial score (nSPS) is 19.9. The van der Waals surface area contributed by atoms with Crippen LogP contribution in [-0.4, -0.2) is 42.7 Å². The molecule has 4 nitrogen and oxygen atoms in total. The van der Waals surface area contributed by atoms with Gasteiger partial charge in [-0.2, -0.15) is 0 Å². The van der Waals surface area contributed by atoms with Crippen LogP contribution in [0.2, 0.25) is 0 Å². The monoisotopic (exact) mass is 276 g/mol. The lowest BCUT2D eigenvalue weighted by molar-refractivity contribution is -0.136. The van der Waals surface area contributed by atoms with E-state index in [-0.39, 0.29) is 6.42 Å². The van der Waals surface area contributed by atoms with Crippen molar-refractivity contribution in [3.8, 4) is 0 Å². The average molecular weight is 276 g/mol. The molecule has 0 aliphatic carbocycles. The molecule has 20 heavy (non-hydrogen) atoms. The summed E-state index contributed by atoms with van der Waals surface area (Å²) in [6, 6.07) is 7.83. The molecular weight excluding hydrogens is 252 g/mol. The van der Waals surface area contributed by atoms with Crippen LogP contribution in [0.4, 0.5) is 0 Å². The first kappa shape index (κ1) is 15.0. The van der Waals surface area contributed by atoms with E-state index in [4.69, 9.17) is 5.11 Å². The molecule has 0 radical (unpaired) electrons. The Hall–Kier alpha value is -1.39. The average Bonchev–Trinajstić information content (AvgIpc) is 2.40. The minimum Gasteiger partial charge on any atom is -0.481 e. The summed E-state index contributed by atoms with van der Waals surface area (Å²) in [7, 11) is 2.19. The summed E-state index contributed by atoms with van der Waals surface area (Å²) >= 11 is 0. The van der Waals surface area contributed by atoms with Crippen molar-refractivity contribution in [3.05, 3.63) is 35.4 Å². The molecule has 2 rings (SSSR count). The number of carboxylic acids is 1. The van der Waals surface area contributed by atoms with E-state index >= 15 is 0 Å². The molecule has 0 saturated carbocycles. The van der Waals surface area contributed by atoms with Crippen molar-refractivity contribution in [2.24, 2.45) is 5.92 Å². The van der Waals surface area contributed by atoms with E-state index in [0.717, 1.165) is 24.6 Å². The van der Waals surface area contributed by atoms with E-state index in [2.05, 4.69) is 17.3 Å². The second-order valence-corrected chi connectivity index (χ2v) is 5.79. The van der Waals surface area contributed by atoms with Crippen molar-refractivity contribution in [1.29, 1.82) is 0 Å². The summed E-state index contributed by atoms with van der Waals surface area (Å²) < 4.78 is 0. The summed E-state index contributed by atoms with van der Waals surface area (Å²) in [6.45, 7) is 4.32. The number of hydrogen-bond acceptors (Lipinski definition) is 3. The van der Waals surface area contributed by atoms with E-state index in [9.17, 15) is 4.79 Å². The third-order valence-corrected chi connectivity index (χ3v) is 3.86. The summed E-state index contributed by atoms with van der Waals surface area (Å²) in [5.41, 5.74) is 2.07. The largest absolute Gasteiger partial charge is 0.481 e. The van der Waals surface area contributed by atoms with Crippen LogP contribution in [0.1, 0.15) is 24.0 Å². The Morgan fingerprint density at radius 3 is 2.70 bits per heavy atom. The molecule has 0 aromatic heterocycles. The van der Waals surface area contributed by atoms with Gasteiger partial charge in [-0.1, -0.05) is 24.3 Å². The number of piperidine rings is 1. The molecular formula is C16H24N2O2. The fourth-order valence-corrected chi connectivity index (χ4v) is 2.81. The molecule has 2 N–H and O–H groups in total. The molecule has 1 heterocycles. The number of likely N-dealkylation sites (tertiary alicyclic amines) is 1. The zero-order valence-electron chi connectivity index (χ0n) is 12.1. The number of carbonyl (C=O) groups is 1. The van der Waals surface area contributed by atoms with E-state index in [1.807, 2.05) is 24.3 Å². The van der Waals surface area contributed by atoms with Gasteiger partial charge in [0.15, 0.2) is 0 Å². The second kappa shape index (κ2) is 7.41. The Kier molecular flexibility index (Phi) is 5.56. The highest BCUT2D eigenvalue weighted by Crippen LogP contribution is 2.14. The maximum Gasteiger partial charge on any atom is 0.307 e. The molecule has 0 amide bonds. The lowest BCUT2D eigenvalue weighted by Gasteiger charge is -2.29. The predicted octanol–water partition coefficient (Wildman–Crippen LogP) is 1.75. The van der Waals surface area contributed by atoms with Gasteiger partial charge in [-0.3, -0.25) is 4.79 Å². The summed E-state index contributed by atoms with van der Waals surface area (Å²) in [5, 5.41) is 12.2. The number of nitrogens with one attached hydrogen (secondary N) is 1. The lowest BCUT2D eigenvalue weighted by atomic mass is 9.98. The van der Waals surface area contributed by atoms with Crippen molar-refractivity contribution in [2.75, 3.05) is 26.7 Å². The van der Waals surface area contributed by atoms with Crippen molar-refractivity contribution in [1.82, 2.24) is 10.2 Å². The van der Waals surface area contributed by atoms with E-state index < -0.39 is 5.97 Å². The third-order valence-electron chi connectivity index (χ3n) is 3.86. The molecule has 1 aliphatic heterocycles. The smallest absolute Gasteiger partial charge is 0.307 e. The maximum absolute atomic E-state index is 10.6. The van der Waals surface area contributed by atoms with Gasteiger partial charge in [-0.05, 0) is 50.0 Å². The maximum atomic E-state index is 10.6. The Bertz CT molecular complexity index is 431. The van der Waals surface area contributed by atoms with Gasteiger partial charge in [0.2, 0.25) is 0 Å². The molecule has 1 aromatic carbocycles. The topological polar surface area (TPSA) is 52.6 Å². The number of carboxylic acid groups (broad SMARTS) is 1. The minimum atomic E-state index is -0.780. The molecule has 1 fully saturated rings. The van der Waals surface area contributed by atoms with Crippen molar-refractivity contribution in [3.63, 3.8) is 0 Å². The van der Waals surface area contributed by atoms with Crippen molar-refractivity contribution >= 4 is 5.97 Å². The number of hydrogen-bond donors (Lipinski definition) is 2. The summed E-state index contributed by atoms with van der Waals surface area (Å²) in [5.74, 6) is -0.0303. The zero-order valence-corrected chi connectivity index (χ0v) is 12.1. The number of aliphatic carboxylic acids is 1. The lowest BCUT2D eigenvalue weighted by Crippen LogP contribution is -2.37. The van der Waals surface area contributed by atoms with Crippen LogP contribution < -0.4 is 5.32 Å². The van der Waals surface area contributed by atoms with Crippen LogP contribution >= 0.6 is 0 Å². The second-order valence-electron chi connectivity index (χ2n) is 5.79. The van der Waals surface area contributed by atoms with Gasteiger partial charge >= 0.3 is 5.97 Å². The van der Waals surface area contributed by atoms with E-state index in [1.54, 1.807) is 0 Å². The van der Waals surface area contributed by atoms with Gasteiger partial charge in [-0.15, -0.1) is 0 Å². The highest BCUT2D eigenvalue weighted by atomic mass is 16.4. The van der Waals surface area contributed by atoms with Gasteiger partial charge in [0.1, 0.15) is 0 Å². The van der Waals surface area contributed by atoms with Crippen molar-refractivity contribution in [2.45, 2.75) is 25.8 Å². The number of rotatable bonds is 6. The van der Waals surface area contributed by atoms with Gasteiger partial charge < -0.3 is 15.3 Å². The summed E-state index contributed by atoms with van der Waals surface area (Å²) in [6.07, 6.45) is 2.71. The highest BCUT2D eigenvalue weighted by Gasteiger charge is 2.16. The number of benzene rings is 1. The molecule has 110 valence electrons. The van der Waals surface area contributed by atoms with E-state index in [0.29, 0.717) is 0 Å². The molecule has 0 spiro atoms. The van der Waals surface area contributed by atoms with Gasteiger partial charge in [-0.25, -0.2) is 0 Å². The Morgan fingerprint density at radius 2 is 2.05 bits per heavy atom. The molecule has 1 aromatic rings. The van der Waals surface area contributed by atoms with Gasteiger partial charge in [0, 0.05) is 13.1 Å². The fourth-order valence-electron chi connectivity index (χ4n) is 2.81. The highest BCUT2D eigenvalue weighted by molar-refractivity contribution is 5.70. The first-order valence-corrected chi connectivity index (χ1v) is 7.32. The summed E-state index contributed by atoms with van der Waals surface area (Å²) in [4.78, 5) is 13.0.